The maximum absolute atomic E-state index is 12.5. The van der Waals surface area contributed by atoms with Gasteiger partial charge in [-0.1, -0.05) is 12.1 Å². The molecule has 2 N–H and O–H groups in total. The predicted molar refractivity (Wildman–Crippen MR) is 87.1 cm³/mol. The van der Waals surface area contributed by atoms with Crippen LogP contribution in [0.4, 0.5) is 0 Å². The van der Waals surface area contributed by atoms with Crippen molar-refractivity contribution in [3.8, 4) is 11.5 Å². The number of ether oxygens (including phenoxy) is 1. The van der Waals surface area contributed by atoms with Crippen LogP contribution in [-0.2, 0) is 14.3 Å². The monoisotopic (exact) mass is 346 g/mol. The predicted octanol–water partition coefficient (Wildman–Crippen LogP) is 1.97. The fourth-order valence-corrected chi connectivity index (χ4v) is 3.24. The van der Waals surface area contributed by atoms with Gasteiger partial charge in [-0.3, -0.25) is 9.79 Å². The Kier molecular flexibility index (Phi) is 4.45. The fraction of sp³-hybridized carbons (Fsp3) is 0.353. The van der Waals surface area contributed by atoms with E-state index >= 15 is 0 Å². The minimum absolute atomic E-state index is 0.177. The fourth-order valence-electron chi connectivity index (χ4n) is 3.24. The molecule has 8 nitrogen and oxygen atoms in total. The molecule has 0 radical (unpaired) electrons. The van der Waals surface area contributed by atoms with Crippen LogP contribution < -0.4 is 15.3 Å². The SMILES string of the molecule is CCOC(=O)C1=C(C)N=C(C)C(C(=O)O)C1c1cccc2c1ONO2. The number of carboxylic acids is 1. The van der Waals surface area contributed by atoms with E-state index in [1.54, 1.807) is 39.0 Å². The van der Waals surface area contributed by atoms with Gasteiger partial charge in [-0.25, -0.2) is 4.79 Å². The zero-order valence-electron chi connectivity index (χ0n) is 14.0. The van der Waals surface area contributed by atoms with E-state index in [1.807, 2.05) is 0 Å². The number of benzene rings is 1. The van der Waals surface area contributed by atoms with E-state index in [0.717, 1.165) is 0 Å². The number of aliphatic carboxylic acids is 1. The van der Waals surface area contributed by atoms with E-state index in [1.165, 1.54) is 0 Å². The number of aliphatic imine (C=N–C) groups is 1. The second kappa shape index (κ2) is 6.56. The van der Waals surface area contributed by atoms with Crippen molar-refractivity contribution in [1.29, 1.82) is 0 Å². The van der Waals surface area contributed by atoms with Crippen LogP contribution in [0.25, 0.3) is 0 Å². The molecule has 0 bridgehead atoms. The molecule has 0 fully saturated rings. The maximum atomic E-state index is 12.5. The Labute approximate surface area is 144 Å². The van der Waals surface area contributed by atoms with Gasteiger partial charge in [-0.2, -0.15) is 0 Å². The van der Waals surface area contributed by atoms with Crippen molar-refractivity contribution in [3.63, 3.8) is 0 Å². The van der Waals surface area contributed by atoms with Gasteiger partial charge in [-0.05, 0) is 26.8 Å². The van der Waals surface area contributed by atoms with Crippen LogP contribution in [0.15, 0.2) is 34.5 Å². The lowest BCUT2D eigenvalue weighted by Gasteiger charge is -2.30. The summed E-state index contributed by atoms with van der Waals surface area (Å²) in [6.45, 7) is 5.17. The average Bonchev–Trinajstić information content (AvgIpc) is 3.02. The number of esters is 1. The summed E-state index contributed by atoms with van der Waals surface area (Å²) >= 11 is 0. The number of allylic oxidation sites excluding steroid dienone is 1. The molecule has 1 aromatic rings. The summed E-state index contributed by atoms with van der Waals surface area (Å²) in [5.41, 5.74) is 3.87. The number of carbonyl (C=O) groups excluding carboxylic acids is 1. The smallest absolute Gasteiger partial charge is 0.336 e. The molecule has 2 atom stereocenters. The lowest BCUT2D eigenvalue weighted by atomic mass is 9.75. The van der Waals surface area contributed by atoms with Crippen LogP contribution in [-0.4, -0.2) is 29.4 Å². The van der Waals surface area contributed by atoms with Crippen molar-refractivity contribution < 1.29 is 29.1 Å². The quantitative estimate of drug-likeness (QED) is 0.803. The van der Waals surface area contributed by atoms with Gasteiger partial charge in [0.2, 0.25) is 0 Å². The van der Waals surface area contributed by atoms with Gasteiger partial charge in [0.1, 0.15) is 5.92 Å². The molecule has 0 aliphatic carbocycles. The first kappa shape index (κ1) is 17.0. The molecule has 2 aliphatic heterocycles. The molecule has 0 aromatic heterocycles. The molecule has 3 rings (SSSR count). The van der Waals surface area contributed by atoms with Crippen molar-refractivity contribution in [2.24, 2.45) is 10.9 Å². The number of nitrogens with zero attached hydrogens (tertiary/aromatic N) is 1. The van der Waals surface area contributed by atoms with Gasteiger partial charge < -0.3 is 19.5 Å². The molecule has 0 amide bonds. The van der Waals surface area contributed by atoms with Crippen molar-refractivity contribution in [1.82, 2.24) is 5.64 Å². The van der Waals surface area contributed by atoms with Crippen molar-refractivity contribution in [3.05, 3.63) is 35.0 Å². The molecule has 2 aliphatic rings. The van der Waals surface area contributed by atoms with Crippen molar-refractivity contribution in [2.45, 2.75) is 26.7 Å². The van der Waals surface area contributed by atoms with E-state index in [0.29, 0.717) is 28.5 Å². The lowest BCUT2D eigenvalue weighted by Crippen LogP contribution is -2.35. The van der Waals surface area contributed by atoms with Crippen LogP contribution >= 0.6 is 0 Å². The van der Waals surface area contributed by atoms with E-state index in [-0.39, 0.29) is 12.2 Å². The summed E-state index contributed by atoms with van der Waals surface area (Å²) in [6.07, 6.45) is 0. The molecule has 0 saturated heterocycles. The molecule has 8 heteroatoms. The third-order valence-electron chi connectivity index (χ3n) is 4.23. The minimum atomic E-state index is -1.08. The lowest BCUT2D eigenvalue weighted by molar-refractivity contribution is -0.141. The Hall–Kier alpha value is -2.87. The Balaban J connectivity index is 2.21. The summed E-state index contributed by atoms with van der Waals surface area (Å²) in [5, 5.41) is 9.76. The molecule has 0 saturated carbocycles. The molecule has 2 heterocycles. The van der Waals surface area contributed by atoms with Crippen molar-refractivity contribution in [2.75, 3.05) is 6.61 Å². The summed E-state index contributed by atoms with van der Waals surface area (Å²) in [6, 6.07) is 5.10. The van der Waals surface area contributed by atoms with E-state index in [9.17, 15) is 14.7 Å². The van der Waals surface area contributed by atoms with Gasteiger partial charge in [0.05, 0.1) is 12.2 Å². The van der Waals surface area contributed by atoms with Gasteiger partial charge in [0, 0.05) is 28.5 Å². The van der Waals surface area contributed by atoms with E-state index in [4.69, 9.17) is 14.4 Å². The normalized spacial score (nSPS) is 21.8. The molecular weight excluding hydrogens is 328 g/mol. The van der Waals surface area contributed by atoms with Crippen LogP contribution in [0.5, 0.6) is 11.5 Å². The number of hydrogen-bond acceptors (Lipinski definition) is 7. The maximum Gasteiger partial charge on any atom is 0.336 e. The van der Waals surface area contributed by atoms with Crippen LogP contribution in [0.2, 0.25) is 0 Å². The number of carbonyl (C=O) groups is 2. The number of fused-ring (bicyclic) bond motifs is 1. The second-order valence-corrected chi connectivity index (χ2v) is 5.73. The number of nitrogens with one attached hydrogen (secondary N) is 1. The Bertz CT molecular complexity index is 798. The van der Waals surface area contributed by atoms with Crippen molar-refractivity contribution >= 4 is 17.7 Å². The zero-order valence-corrected chi connectivity index (χ0v) is 14.0. The van der Waals surface area contributed by atoms with Gasteiger partial charge >= 0.3 is 11.9 Å². The number of carboxylic acid groups (broad SMARTS) is 1. The highest BCUT2D eigenvalue weighted by molar-refractivity contribution is 6.06. The zero-order chi connectivity index (χ0) is 18.1. The first-order chi connectivity index (χ1) is 12.0. The largest absolute Gasteiger partial charge is 0.481 e. The summed E-state index contributed by atoms with van der Waals surface area (Å²) in [5.74, 6) is -2.71. The van der Waals surface area contributed by atoms with Crippen LogP contribution in [0.1, 0.15) is 32.3 Å². The standard InChI is InChI=1S/C17H18N2O6/c1-4-23-17(22)13-9(3)18-8(2)12(16(20)21)14(13)10-6-5-7-11-15(10)25-19-24-11/h5-7,12,14,19H,4H2,1-3H3,(H,20,21). The summed E-state index contributed by atoms with van der Waals surface area (Å²) < 4.78 is 5.14. The average molecular weight is 346 g/mol. The first-order valence-corrected chi connectivity index (χ1v) is 7.83. The van der Waals surface area contributed by atoms with Gasteiger partial charge in [-0.15, -0.1) is 0 Å². The number of hydrogen-bond donors (Lipinski definition) is 2. The minimum Gasteiger partial charge on any atom is -0.481 e. The highest BCUT2D eigenvalue weighted by atomic mass is 16.9. The molecule has 25 heavy (non-hydrogen) atoms. The Morgan fingerprint density at radius 3 is 2.76 bits per heavy atom. The Morgan fingerprint density at radius 2 is 2.08 bits per heavy atom. The molecule has 2 unspecified atom stereocenters. The number of para-hydroxylation sites is 1. The molecule has 132 valence electrons. The van der Waals surface area contributed by atoms with Crippen LogP contribution in [0, 0.1) is 5.92 Å². The van der Waals surface area contributed by atoms with Crippen LogP contribution in [0.3, 0.4) is 0 Å². The highest BCUT2D eigenvalue weighted by Gasteiger charge is 2.43. The number of rotatable bonds is 4. The van der Waals surface area contributed by atoms with E-state index < -0.39 is 23.8 Å². The summed E-state index contributed by atoms with van der Waals surface area (Å²) in [7, 11) is 0. The third kappa shape index (κ3) is 2.85. The van der Waals surface area contributed by atoms with E-state index in [2.05, 4.69) is 10.6 Å². The first-order valence-electron chi connectivity index (χ1n) is 7.83. The third-order valence-corrected chi connectivity index (χ3v) is 4.23. The summed E-state index contributed by atoms with van der Waals surface area (Å²) in [4.78, 5) is 39.2. The van der Waals surface area contributed by atoms with Gasteiger partial charge in [0.15, 0.2) is 11.5 Å². The molecular formula is C17H18N2O6. The topological polar surface area (TPSA) is 106 Å². The Morgan fingerprint density at radius 1 is 1.32 bits per heavy atom. The van der Waals surface area contributed by atoms with Gasteiger partial charge in [0.25, 0.3) is 0 Å². The highest BCUT2D eigenvalue weighted by Crippen LogP contribution is 2.46. The second-order valence-electron chi connectivity index (χ2n) is 5.73. The molecule has 0 spiro atoms. The molecule has 1 aromatic carbocycles.